The van der Waals surface area contributed by atoms with Gasteiger partial charge in [-0.05, 0) is 36.4 Å². The minimum atomic E-state index is -0.477. The van der Waals surface area contributed by atoms with Crippen molar-refractivity contribution in [3.05, 3.63) is 58.0 Å². The maximum absolute atomic E-state index is 11.1. The molecule has 3 rings (SSSR count). The number of benzene rings is 2. The van der Waals surface area contributed by atoms with Gasteiger partial charge in [-0.15, -0.1) is 11.3 Å². The van der Waals surface area contributed by atoms with E-state index in [-0.39, 0.29) is 17.2 Å². The van der Waals surface area contributed by atoms with Gasteiger partial charge in [-0.2, -0.15) is 0 Å². The highest BCUT2D eigenvalue weighted by Gasteiger charge is 2.17. The number of hydrogen-bond donors (Lipinski definition) is 1. The fraction of sp³-hybridized carbons (Fsp3) is 0.0625. The molecule has 2 aromatic carbocycles. The SMILES string of the molecule is COc1ccc(-c2csc(-c3ccc(O)cc3)n2)cc1[N+](=O)[O-]. The first-order valence-corrected chi connectivity index (χ1v) is 7.54. The molecule has 1 N–H and O–H groups in total. The quantitative estimate of drug-likeness (QED) is 0.575. The molecular weight excluding hydrogens is 316 g/mol. The summed E-state index contributed by atoms with van der Waals surface area (Å²) in [5.74, 6) is 0.407. The monoisotopic (exact) mass is 328 g/mol. The van der Waals surface area contributed by atoms with Gasteiger partial charge < -0.3 is 9.84 Å². The van der Waals surface area contributed by atoms with Crippen LogP contribution in [0.4, 0.5) is 5.69 Å². The molecule has 0 saturated heterocycles. The van der Waals surface area contributed by atoms with Gasteiger partial charge in [-0.1, -0.05) is 0 Å². The standard InChI is InChI=1S/C16H12N2O4S/c1-22-15-7-4-11(8-14(15)18(20)21)13-9-23-16(17-13)10-2-5-12(19)6-3-10/h2-9,19H,1H3. The molecule has 0 aliphatic rings. The van der Waals surface area contributed by atoms with E-state index in [0.717, 1.165) is 10.6 Å². The van der Waals surface area contributed by atoms with Crippen molar-refractivity contribution in [1.82, 2.24) is 4.98 Å². The fourth-order valence-electron chi connectivity index (χ4n) is 2.13. The highest BCUT2D eigenvalue weighted by atomic mass is 32.1. The van der Waals surface area contributed by atoms with Gasteiger partial charge in [-0.3, -0.25) is 10.1 Å². The van der Waals surface area contributed by atoms with Crippen molar-refractivity contribution in [3.63, 3.8) is 0 Å². The first kappa shape index (κ1) is 15.0. The Hall–Kier alpha value is -2.93. The molecule has 0 fully saturated rings. The molecule has 0 atom stereocenters. The molecule has 0 amide bonds. The van der Waals surface area contributed by atoms with Gasteiger partial charge in [0.25, 0.3) is 0 Å². The molecule has 0 spiro atoms. The number of ether oxygens (including phenoxy) is 1. The van der Waals surface area contributed by atoms with E-state index in [0.29, 0.717) is 11.3 Å². The number of aromatic hydroxyl groups is 1. The molecule has 0 radical (unpaired) electrons. The maximum Gasteiger partial charge on any atom is 0.311 e. The number of hydrogen-bond acceptors (Lipinski definition) is 6. The minimum absolute atomic E-state index is 0.0933. The lowest BCUT2D eigenvalue weighted by atomic mass is 10.1. The number of methoxy groups -OCH3 is 1. The predicted octanol–water partition coefficient (Wildman–Crippen LogP) is 4.10. The third-order valence-corrected chi connectivity index (χ3v) is 4.18. The van der Waals surface area contributed by atoms with Gasteiger partial charge in [0.1, 0.15) is 10.8 Å². The van der Waals surface area contributed by atoms with Crippen molar-refractivity contribution < 1.29 is 14.8 Å². The summed E-state index contributed by atoms with van der Waals surface area (Å²) in [6.07, 6.45) is 0. The van der Waals surface area contributed by atoms with Crippen LogP contribution in [0.2, 0.25) is 0 Å². The Bertz CT molecular complexity index is 859. The van der Waals surface area contributed by atoms with Crippen LogP contribution in [-0.4, -0.2) is 22.1 Å². The maximum atomic E-state index is 11.1. The zero-order valence-corrected chi connectivity index (χ0v) is 12.9. The summed E-state index contributed by atoms with van der Waals surface area (Å²) in [7, 11) is 1.40. The highest BCUT2D eigenvalue weighted by molar-refractivity contribution is 7.13. The number of rotatable bonds is 4. The molecule has 1 heterocycles. The summed E-state index contributed by atoms with van der Waals surface area (Å²) in [4.78, 5) is 15.1. The number of nitro benzene ring substituents is 1. The van der Waals surface area contributed by atoms with Crippen molar-refractivity contribution in [2.45, 2.75) is 0 Å². The van der Waals surface area contributed by atoms with Crippen molar-refractivity contribution in [3.8, 4) is 33.3 Å². The molecule has 0 bridgehead atoms. The molecule has 116 valence electrons. The molecular formula is C16H12N2O4S. The van der Waals surface area contributed by atoms with E-state index in [1.54, 1.807) is 36.4 Å². The molecule has 3 aromatic rings. The second-order valence-electron chi connectivity index (χ2n) is 4.73. The lowest BCUT2D eigenvalue weighted by Gasteiger charge is -2.03. The molecule has 1 aromatic heterocycles. The summed E-state index contributed by atoms with van der Waals surface area (Å²) in [5, 5.41) is 23.1. The van der Waals surface area contributed by atoms with Crippen LogP contribution in [-0.2, 0) is 0 Å². The first-order valence-electron chi connectivity index (χ1n) is 6.66. The Balaban J connectivity index is 1.98. The summed E-state index contributed by atoms with van der Waals surface area (Å²) < 4.78 is 5.00. The average Bonchev–Trinajstić information content (AvgIpc) is 3.04. The smallest absolute Gasteiger partial charge is 0.311 e. The van der Waals surface area contributed by atoms with Crippen LogP contribution in [0, 0.1) is 10.1 Å². The summed E-state index contributed by atoms with van der Waals surface area (Å²) >= 11 is 1.43. The van der Waals surface area contributed by atoms with Crippen molar-refractivity contribution >= 4 is 17.0 Å². The van der Waals surface area contributed by atoms with E-state index >= 15 is 0 Å². The van der Waals surface area contributed by atoms with Gasteiger partial charge in [0.2, 0.25) is 0 Å². The van der Waals surface area contributed by atoms with Crippen LogP contribution in [0.3, 0.4) is 0 Å². The Morgan fingerprint density at radius 3 is 2.52 bits per heavy atom. The van der Waals surface area contributed by atoms with E-state index < -0.39 is 4.92 Å². The van der Waals surface area contributed by atoms with Crippen LogP contribution < -0.4 is 4.74 Å². The molecule has 6 nitrogen and oxygen atoms in total. The van der Waals surface area contributed by atoms with Gasteiger partial charge in [0, 0.05) is 22.6 Å². The van der Waals surface area contributed by atoms with Crippen LogP contribution in [0.1, 0.15) is 0 Å². The summed E-state index contributed by atoms with van der Waals surface area (Å²) in [6, 6.07) is 11.5. The van der Waals surface area contributed by atoms with Crippen LogP contribution in [0.15, 0.2) is 47.8 Å². The second kappa shape index (κ2) is 6.05. The normalized spacial score (nSPS) is 10.5. The molecule has 0 aliphatic carbocycles. The van der Waals surface area contributed by atoms with Crippen molar-refractivity contribution in [1.29, 1.82) is 0 Å². The molecule has 7 heteroatoms. The largest absolute Gasteiger partial charge is 0.508 e. The average molecular weight is 328 g/mol. The van der Waals surface area contributed by atoms with E-state index in [4.69, 9.17) is 4.74 Å². The van der Waals surface area contributed by atoms with E-state index in [9.17, 15) is 15.2 Å². The van der Waals surface area contributed by atoms with Gasteiger partial charge in [0.15, 0.2) is 5.75 Å². The number of phenolic OH excluding ortho intramolecular Hbond substituents is 1. The molecule has 0 unspecified atom stereocenters. The van der Waals surface area contributed by atoms with Gasteiger partial charge >= 0.3 is 5.69 Å². The third kappa shape index (κ3) is 3.00. The van der Waals surface area contributed by atoms with Gasteiger partial charge in [-0.25, -0.2) is 4.98 Å². The fourth-order valence-corrected chi connectivity index (χ4v) is 2.97. The van der Waals surface area contributed by atoms with Crippen molar-refractivity contribution in [2.75, 3.05) is 7.11 Å². The lowest BCUT2D eigenvalue weighted by Crippen LogP contribution is -1.94. The molecule has 0 saturated carbocycles. The molecule has 0 aliphatic heterocycles. The minimum Gasteiger partial charge on any atom is -0.508 e. The molecule has 23 heavy (non-hydrogen) atoms. The first-order chi connectivity index (χ1) is 11.1. The summed E-state index contributed by atoms with van der Waals surface area (Å²) in [5.41, 5.74) is 2.09. The lowest BCUT2D eigenvalue weighted by molar-refractivity contribution is -0.385. The zero-order chi connectivity index (χ0) is 16.4. The topological polar surface area (TPSA) is 85.5 Å². The van der Waals surface area contributed by atoms with Crippen LogP contribution >= 0.6 is 11.3 Å². The zero-order valence-electron chi connectivity index (χ0n) is 12.1. The summed E-state index contributed by atoms with van der Waals surface area (Å²) in [6.45, 7) is 0. The van der Waals surface area contributed by atoms with Crippen molar-refractivity contribution in [2.24, 2.45) is 0 Å². The number of nitro groups is 1. The van der Waals surface area contributed by atoms with E-state index in [2.05, 4.69) is 4.98 Å². The third-order valence-electron chi connectivity index (χ3n) is 3.29. The number of nitrogens with zero attached hydrogens (tertiary/aromatic N) is 2. The second-order valence-corrected chi connectivity index (χ2v) is 5.59. The van der Waals surface area contributed by atoms with Crippen LogP contribution in [0.5, 0.6) is 11.5 Å². The Kier molecular flexibility index (Phi) is 3.94. The van der Waals surface area contributed by atoms with E-state index in [1.807, 2.05) is 5.38 Å². The number of phenols is 1. The highest BCUT2D eigenvalue weighted by Crippen LogP contribution is 2.34. The predicted molar refractivity (Wildman–Crippen MR) is 87.9 cm³/mol. The number of aromatic nitrogens is 1. The van der Waals surface area contributed by atoms with Gasteiger partial charge in [0.05, 0.1) is 17.7 Å². The Morgan fingerprint density at radius 2 is 1.87 bits per heavy atom. The Morgan fingerprint density at radius 1 is 1.17 bits per heavy atom. The van der Waals surface area contributed by atoms with E-state index in [1.165, 1.54) is 24.5 Å². The van der Waals surface area contributed by atoms with Crippen LogP contribution in [0.25, 0.3) is 21.8 Å². The number of thiazole rings is 1. The Labute approximate surface area is 135 Å².